The van der Waals surface area contributed by atoms with Gasteiger partial charge in [-0.1, -0.05) is 13.8 Å². The number of aliphatic hydroxyl groups is 1. The molecule has 2 aliphatic carbocycles. The number of carbonyl (C=O) groups is 1. The molecule has 0 spiro atoms. The van der Waals surface area contributed by atoms with Crippen LogP contribution in [0.1, 0.15) is 51.1 Å². The smallest absolute Gasteiger partial charge is 0.165 e. The normalized spacial score (nSPS) is 38.6. The summed E-state index contributed by atoms with van der Waals surface area (Å²) in [5, 5.41) is 10.1. The molecular formula is C18H24O3. The lowest BCUT2D eigenvalue weighted by atomic mass is 9.55. The predicted octanol–water partition coefficient (Wildman–Crippen LogP) is 3.75. The number of rotatable bonds is 1. The topological polar surface area (TPSA) is 50.4 Å². The number of fused-ring (bicyclic) bond motifs is 1. The van der Waals surface area contributed by atoms with Gasteiger partial charge in [-0.15, -0.1) is 0 Å². The van der Waals surface area contributed by atoms with Gasteiger partial charge >= 0.3 is 0 Å². The second-order valence-corrected chi connectivity index (χ2v) is 6.97. The van der Waals surface area contributed by atoms with Crippen LogP contribution in [-0.2, 0) is 4.79 Å². The first-order valence-corrected chi connectivity index (χ1v) is 7.91. The summed E-state index contributed by atoms with van der Waals surface area (Å²) in [5.41, 5.74) is 0.566. The standard InChI is InChI=1S/C18H24O3/c1-11-4-6-14(21-11)10-13-5-7-15-12(2)16(19)8-9-18(15,3)17(13)20/h4,6,10,12,15-16,19H,5,7-9H2,1-3H3/b13-10+/t12-,15?,16?,18-/m0/s1. The van der Waals surface area contributed by atoms with Crippen LogP contribution in [0.5, 0.6) is 0 Å². The number of hydrogen-bond acceptors (Lipinski definition) is 3. The Bertz CT molecular complexity index is 583. The third-order valence-corrected chi connectivity index (χ3v) is 5.63. The van der Waals surface area contributed by atoms with Gasteiger partial charge in [-0.05, 0) is 68.2 Å². The fraction of sp³-hybridized carbons (Fsp3) is 0.611. The van der Waals surface area contributed by atoms with Crippen molar-refractivity contribution in [2.75, 3.05) is 0 Å². The molecular weight excluding hydrogens is 264 g/mol. The third kappa shape index (κ3) is 2.38. The van der Waals surface area contributed by atoms with Gasteiger partial charge in [0, 0.05) is 5.41 Å². The van der Waals surface area contributed by atoms with Gasteiger partial charge in [0.1, 0.15) is 11.5 Å². The number of furan rings is 1. The molecule has 0 bridgehead atoms. The average Bonchev–Trinajstić information content (AvgIpc) is 2.85. The predicted molar refractivity (Wildman–Crippen MR) is 81.7 cm³/mol. The van der Waals surface area contributed by atoms with E-state index in [2.05, 4.69) is 13.8 Å². The molecule has 3 nitrogen and oxygen atoms in total. The van der Waals surface area contributed by atoms with Gasteiger partial charge in [0.2, 0.25) is 0 Å². The summed E-state index contributed by atoms with van der Waals surface area (Å²) in [5.74, 6) is 2.39. The van der Waals surface area contributed by atoms with Crippen molar-refractivity contribution in [3.63, 3.8) is 0 Å². The molecule has 1 aromatic rings. The Hall–Kier alpha value is -1.35. The van der Waals surface area contributed by atoms with E-state index < -0.39 is 0 Å². The van der Waals surface area contributed by atoms with Crippen LogP contribution in [-0.4, -0.2) is 17.0 Å². The lowest BCUT2D eigenvalue weighted by Crippen LogP contribution is -2.50. The summed E-state index contributed by atoms with van der Waals surface area (Å²) >= 11 is 0. The van der Waals surface area contributed by atoms with E-state index in [1.54, 1.807) is 0 Å². The number of hydrogen-bond donors (Lipinski definition) is 1. The molecule has 1 N–H and O–H groups in total. The number of ketones is 1. The molecule has 3 heteroatoms. The van der Waals surface area contributed by atoms with Crippen molar-refractivity contribution in [3.8, 4) is 0 Å². The number of Topliss-reactive ketones (excluding diaryl/α,β-unsaturated/α-hetero) is 1. The summed E-state index contributed by atoms with van der Waals surface area (Å²) in [6.07, 6.45) is 4.94. The Morgan fingerprint density at radius 3 is 2.81 bits per heavy atom. The number of allylic oxidation sites excluding steroid dienone is 1. The van der Waals surface area contributed by atoms with E-state index in [1.807, 2.05) is 25.1 Å². The van der Waals surface area contributed by atoms with E-state index in [9.17, 15) is 9.90 Å². The molecule has 2 fully saturated rings. The van der Waals surface area contributed by atoms with E-state index in [-0.39, 0.29) is 23.2 Å². The minimum atomic E-state index is -0.315. The summed E-state index contributed by atoms with van der Waals surface area (Å²) in [4.78, 5) is 13.0. The third-order valence-electron chi connectivity index (χ3n) is 5.63. The average molecular weight is 288 g/mol. The van der Waals surface area contributed by atoms with Crippen molar-refractivity contribution >= 4 is 11.9 Å². The Balaban J connectivity index is 1.89. The largest absolute Gasteiger partial charge is 0.462 e. The molecule has 3 rings (SSSR count). The fourth-order valence-corrected chi connectivity index (χ4v) is 4.24. The minimum Gasteiger partial charge on any atom is -0.462 e. The van der Waals surface area contributed by atoms with E-state index in [4.69, 9.17) is 4.42 Å². The van der Waals surface area contributed by atoms with Gasteiger partial charge in [0.05, 0.1) is 6.10 Å². The number of aryl methyl sites for hydroxylation is 1. The van der Waals surface area contributed by atoms with Crippen LogP contribution in [0.25, 0.3) is 6.08 Å². The lowest BCUT2D eigenvalue weighted by molar-refractivity contribution is -0.138. The number of carbonyl (C=O) groups excluding carboxylic acids is 1. The van der Waals surface area contributed by atoms with Gasteiger partial charge in [-0.3, -0.25) is 4.79 Å². The molecule has 0 radical (unpaired) electrons. The molecule has 0 saturated heterocycles. The highest BCUT2D eigenvalue weighted by atomic mass is 16.3. The summed E-state index contributed by atoms with van der Waals surface area (Å²) < 4.78 is 5.57. The summed E-state index contributed by atoms with van der Waals surface area (Å²) in [6.45, 7) is 6.08. The van der Waals surface area contributed by atoms with E-state index in [1.165, 1.54) is 0 Å². The van der Waals surface area contributed by atoms with Gasteiger partial charge in [0.25, 0.3) is 0 Å². The SMILES string of the molecule is Cc1ccc(/C=C2\CCC3[C@H](C)C(O)CC[C@]3(C)C2=O)o1. The van der Waals surface area contributed by atoms with Crippen molar-refractivity contribution < 1.29 is 14.3 Å². The summed E-state index contributed by atoms with van der Waals surface area (Å²) in [6, 6.07) is 3.83. The maximum atomic E-state index is 13.0. The van der Waals surface area contributed by atoms with Crippen LogP contribution in [0.3, 0.4) is 0 Å². The molecule has 0 aliphatic heterocycles. The quantitative estimate of drug-likeness (QED) is 0.801. The van der Waals surface area contributed by atoms with Crippen molar-refractivity contribution in [2.24, 2.45) is 17.3 Å². The highest BCUT2D eigenvalue weighted by Crippen LogP contribution is 2.52. The van der Waals surface area contributed by atoms with Gasteiger partial charge in [-0.2, -0.15) is 0 Å². The monoisotopic (exact) mass is 288 g/mol. The molecule has 21 heavy (non-hydrogen) atoms. The molecule has 4 atom stereocenters. The van der Waals surface area contributed by atoms with Crippen LogP contribution >= 0.6 is 0 Å². The molecule has 1 heterocycles. The first-order valence-electron chi connectivity index (χ1n) is 7.91. The van der Waals surface area contributed by atoms with Crippen LogP contribution in [0.15, 0.2) is 22.1 Å². The van der Waals surface area contributed by atoms with E-state index >= 15 is 0 Å². The Morgan fingerprint density at radius 1 is 1.38 bits per heavy atom. The molecule has 1 aromatic heterocycles. The first kappa shape index (κ1) is 14.6. The van der Waals surface area contributed by atoms with Crippen molar-refractivity contribution in [1.82, 2.24) is 0 Å². The van der Waals surface area contributed by atoms with Crippen LogP contribution in [0, 0.1) is 24.2 Å². The molecule has 2 unspecified atom stereocenters. The van der Waals surface area contributed by atoms with E-state index in [0.717, 1.165) is 42.8 Å². The van der Waals surface area contributed by atoms with Crippen molar-refractivity contribution in [3.05, 3.63) is 29.2 Å². The Kier molecular flexibility index (Phi) is 3.56. The second kappa shape index (κ2) is 5.13. The van der Waals surface area contributed by atoms with E-state index in [0.29, 0.717) is 5.92 Å². The maximum absolute atomic E-state index is 13.0. The van der Waals surface area contributed by atoms with Gasteiger partial charge < -0.3 is 9.52 Å². The van der Waals surface area contributed by atoms with Crippen LogP contribution in [0.2, 0.25) is 0 Å². The molecule has 114 valence electrons. The zero-order valence-corrected chi connectivity index (χ0v) is 13.1. The second-order valence-electron chi connectivity index (χ2n) is 6.97. The molecule has 0 aromatic carbocycles. The fourth-order valence-electron chi connectivity index (χ4n) is 4.24. The van der Waals surface area contributed by atoms with Crippen molar-refractivity contribution in [2.45, 2.75) is 52.6 Å². The lowest BCUT2D eigenvalue weighted by Gasteiger charge is -2.49. The Labute approximate surface area is 126 Å². The van der Waals surface area contributed by atoms with Gasteiger partial charge in [0.15, 0.2) is 5.78 Å². The maximum Gasteiger partial charge on any atom is 0.165 e. The minimum absolute atomic E-state index is 0.208. The molecule has 2 saturated carbocycles. The van der Waals surface area contributed by atoms with Crippen LogP contribution < -0.4 is 0 Å². The Morgan fingerprint density at radius 2 is 2.14 bits per heavy atom. The molecule has 2 aliphatic rings. The number of aliphatic hydroxyl groups excluding tert-OH is 1. The highest BCUT2D eigenvalue weighted by Gasteiger charge is 2.51. The van der Waals surface area contributed by atoms with Crippen molar-refractivity contribution in [1.29, 1.82) is 0 Å². The summed E-state index contributed by atoms with van der Waals surface area (Å²) in [7, 11) is 0. The van der Waals surface area contributed by atoms with Crippen LogP contribution in [0.4, 0.5) is 0 Å². The highest BCUT2D eigenvalue weighted by molar-refractivity contribution is 6.04. The van der Waals surface area contributed by atoms with Gasteiger partial charge in [-0.25, -0.2) is 0 Å². The molecule has 0 amide bonds. The zero-order valence-electron chi connectivity index (χ0n) is 13.1. The zero-order chi connectivity index (χ0) is 15.2. The first-order chi connectivity index (χ1) is 9.91.